The minimum Gasteiger partial charge on any atom is -0.351 e. The summed E-state index contributed by atoms with van der Waals surface area (Å²) in [4.78, 5) is 41.2. The number of rotatable bonds is 4. The summed E-state index contributed by atoms with van der Waals surface area (Å²) in [5.41, 5.74) is 4.98. The van der Waals surface area contributed by atoms with Gasteiger partial charge in [-0.1, -0.05) is 0 Å². The largest absolute Gasteiger partial charge is 0.351 e. The van der Waals surface area contributed by atoms with Crippen molar-refractivity contribution in [1.29, 1.82) is 0 Å². The lowest BCUT2D eigenvalue weighted by Gasteiger charge is -2.39. The van der Waals surface area contributed by atoms with Gasteiger partial charge in [-0.05, 0) is 33.1 Å². The Hall–Kier alpha value is -1.67. The lowest BCUT2D eigenvalue weighted by molar-refractivity contribution is -0.136. The van der Waals surface area contributed by atoms with E-state index in [1.807, 2.05) is 9.80 Å². The molecule has 2 fully saturated rings. The lowest BCUT2D eigenvalue weighted by atomic mass is 10.0. The molecule has 0 aliphatic carbocycles. The third-order valence-electron chi connectivity index (χ3n) is 5.06. The van der Waals surface area contributed by atoms with E-state index in [0.29, 0.717) is 25.7 Å². The number of likely N-dealkylation sites (tertiary alicyclic amines) is 1. The van der Waals surface area contributed by atoms with Crippen molar-refractivity contribution >= 4 is 17.8 Å². The molecular weight excluding hydrogens is 310 g/mol. The van der Waals surface area contributed by atoms with Crippen molar-refractivity contribution < 1.29 is 14.4 Å². The topological polar surface area (TPSA) is 99.0 Å². The summed E-state index contributed by atoms with van der Waals surface area (Å²) in [5.74, 6) is -0.177. The number of carbonyl (C=O) groups excluding carboxylic acids is 3. The lowest BCUT2D eigenvalue weighted by Crippen LogP contribution is -2.56. The van der Waals surface area contributed by atoms with E-state index in [1.165, 1.54) is 6.42 Å². The molecule has 2 rings (SSSR count). The molecule has 136 valence electrons. The van der Waals surface area contributed by atoms with Crippen LogP contribution < -0.4 is 11.1 Å². The number of hydrogen-bond donors (Lipinski definition) is 2. The van der Waals surface area contributed by atoms with Crippen molar-refractivity contribution in [1.82, 2.24) is 20.0 Å². The number of urea groups is 1. The molecule has 2 atom stereocenters. The van der Waals surface area contributed by atoms with Crippen molar-refractivity contribution in [3.63, 3.8) is 0 Å². The van der Waals surface area contributed by atoms with E-state index in [4.69, 9.17) is 5.73 Å². The predicted octanol–water partition coefficient (Wildman–Crippen LogP) is -0.412. The fraction of sp³-hybridized carbons (Fsp3) is 0.812. The highest BCUT2D eigenvalue weighted by atomic mass is 16.2. The van der Waals surface area contributed by atoms with Crippen LogP contribution in [0.25, 0.3) is 0 Å². The number of piperazine rings is 1. The number of nitrogens with one attached hydrogen (secondary N) is 1. The van der Waals surface area contributed by atoms with Crippen LogP contribution in [-0.4, -0.2) is 83.9 Å². The maximum atomic E-state index is 12.5. The van der Waals surface area contributed by atoms with E-state index < -0.39 is 12.1 Å². The third-order valence-corrected chi connectivity index (χ3v) is 5.06. The van der Waals surface area contributed by atoms with Gasteiger partial charge in [0, 0.05) is 38.8 Å². The molecule has 4 amide bonds. The van der Waals surface area contributed by atoms with Gasteiger partial charge in [0.05, 0.1) is 12.6 Å². The molecule has 8 nitrogen and oxygen atoms in total. The number of hydrogen-bond acceptors (Lipinski definition) is 5. The molecule has 2 aliphatic heterocycles. The van der Waals surface area contributed by atoms with Crippen LogP contribution in [0.3, 0.4) is 0 Å². The molecule has 2 saturated heterocycles. The Morgan fingerprint density at radius 3 is 2.38 bits per heavy atom. The minimum absolute atomic E-state index is 0.204. The Balaban J connectivity index is 1.77. The minimum atomic E-state index is -0.827. The number of nitrogens with zero attached hydrogens (tertiary/aromatic N) is 3. The van der Waals surface area contributed by atoms with Crippen LogP contribution in [0.1, 0.15) is 33.1 Å². The smallest absolute Gasteiger partial charge is 0.318 e. The van der Waals surface area contributed by atoms with E-state index in [9.17, 15) is 14.4 Å². The maximum absolute atomic E-state index is 12.5. The molecular formula is C16H29N5O3. The van der Waals surface area contributed by atoms with Crippen molar-refractivity contribution in [2.24, 2.45) is 5.73 Å². The number of piperidine rings is 1. The van der Waals surface area contributed by atoms with Gasteiger partial charge in [0.25, 0.3) is 0 Å². The Labute approximate surface area is 143 Å². The Kier molecular flexibility index (Phi) is 6.56. The first-order valence-corrected chi connectivity index (χ1v) is 8.74. The van der Waals surface area contributed by atoms with Crippen LogP contribution in [0.2, 0.25) is 0 Å². The second-order valence-electron chi connectivity index (χ2n) is 6.77. The third kappa shape index (κ3) is 4.91. The van der Waals surface area contributed by atoms with Crippen LogP contribution in [0.15, 0.2) is 0 Å². The number of carbonyl (C=O) groups is 3. The van der Waals surface area contributed by atoms with Crippen molar-refractivity contribution in [2.45, 2.75) is 45.2 Å². The average Bonchev–Trinajstić information content (AvgIpc) is 2.54. The van der Waals surface area contributed by atoms with Gasteiger partial charge in [0.15, 0.2) is 0 Å². The zero-order valence-electron chi connectivity index (χ0n) is 14.7. The molecule has 0 bridgehead atoms. The molecule has 0 unspecified atom stereocenters. The van der Waals surface area contributed by atoms with Crippen LogP contribution in [0.4, 0.5) is 4.79 Å². The SMILES string of the molecule is C[C@@H]1CCCCN1C(=O)CN1CCN([C@@H](C)C(=O)NC(N)=O)CC1. The zero-order valence-corrected chi connectivity index (χ0v) is 14.7. The predicted molar refractivity (Wildman–Crippen MR) is 90.2 cm³/mol. The first-order valence-electron chi connectivity index (χ1n) is 8.74. The molecule has 2 heterocycles. The molecule has 0 aromatic heterocycles. The molecule has 0 saturated carbocycles. The average molecular weight is 339 g/mol. The van der Waals surface area contributed by atoms with Crippen LogP contribution in [-0.2, 0) is 9.59 Å². The van der Waals surface area contributed by atoms with Gasteiger partial charge < -0.3 is 10.6 Å². The van der Waals surface area contributed by atoms with Crippen molar-refractivity contribution in [3.8, 4) is 0 Å². The quantitative estimate of drug-likeness (QED) is 0.725. The Morgan fingerprint density at radius 2 is 1.79 bits per heavy atom. The molecule has 8 heteroatoms. The standard InChI is InChI=1S/C16H29N5O3/c1-12-5-3-4-6-21(12)14(22)11-19-7-9-20(10-8-19)13(2)15(23)18-16(17)24/h12-13H,3-11H2,1-2H3,(H3,17,18,23,24)/t12-,13+/m1/s1. The molecule has 0 spiro atoms. The van der Waals surface area contributed by atoms with Crippen LogP contribution in [0, 0.1) is 0 Å². The van der Waals surface area contributed by atoms with Gasteiger partial charge in [-0.3, -0.25) is 24.7 Å². The first-order chi connectivity index (χ1) is 11.4. The van der Waals surface area contributed by atoms with Gasteiger partial charge >= 0.3 is 6.03 Å². The fourth-order valence-electron chi connectivity index (χ4n) is 3.45. The molecule has 0 aromatic carbocycles. The van der Waals surface area contributed by atoms with Crippen molar-refractivity contribution in [3.05, 3.63) is 0 Å². The normalized spacial score (nSPS) is 24.4. The van der Waals surface area contributed by atoms with Gasteiger partial charge in [-0.2, -0.15) is 0 Å². The second kappa shape index (κ2) is 8.43. The van der Waals surface area contributed by atoms with Crippen molar-refractivity contribution in [2.75, 3.05) is 39.3 Å². The number of nitrogens with two attached hydrogens (primary N) is 1. The highest BCUT2D eigenvalue weighted by molar-refractivity contribution is 5.96. The van der Waals surface area contributed by atoms with E-state index in [1.54, 1.807) is 6.92 Å². The first kappa shape index (κ1) is 18.7. The molecule has 0 aromatic rings. The van der Waals surface area contributed by atoms with E-state index >= 15 is 0 Å². The zero-order chi connectivity index (χ0) is 17.7. The Bertz CT molecular complexity index is 476. The summed E-state index contributed by atoms with van der Waals surface area (Å²) in [6.45, 7) is 8.05. The highest BCUT2D eigenvalue weighted by Crippen LogP contribution is 2.17. The maximum Gasteiger partial charge on any atom is 0.318 e. The second-order valence-corrected chi connectivity index (χ2v) is 6.77. The van der Waals surface area contributed by atoms with Gasteiger partial charge in [0.2, 0.25) is 11.8 Å². The number of primary amides is 1. The highest BCUT2D eigenvalue weighted by Gasteiger charge is 2.29. The van der Waals surface area contributed by atoms with E-state index in [2.05, 4.69) is 17.1 Å². The van der Waals surface area contributed by atoms with Crippen LogP contribution >= 0.6 is 0 Å². The van der Waals surface area contributed by atoms with E-state index in [0.717, 1.165) is 32.5 Å². The number of amides is 4. The summed E-state index contributed by atoms with van der Waals surface area (Å²) in [5, 5.41) is 2.11. The van der Waals surface area contributed by atoms with Gasteiger partial charge in [-0.15, -0.1) is 0 Å². The fourth-order valence-corrected chi connectivity index (χ4v) is 3.45. The molecule has 24 heavy (non-hydrogen) atoms. The summed E-state index contributed by atoms with van der Waals surface area (Å²) in [7, 11) is 0. The van der Waals surface area contributed by atoms with E-state index in [-0.39, 0.29) is 11.8 Å². The monoisotopic (exact) mass is 339 g/mol. The summed E-state index contributed by atoms with van der Waals surface area (Å²) in [6, 6.07) is -0.894. The molecule has 2 aliphatic rings. The number of imide groups is 1. The molecule has 0 radical (unpaired) electrons. The summed E-state index contributed by atoms with van der Waals surface area (Å²) in [6.07, 6.45) is 3.39. The van der Waals surface area contributed by atoms with Gasteiger partial charge in [-0.25, -0.2) is 4.79 Å². The molecule has 3 N–H and O–H groups in total. The Morgan fingerprint density at radius 1 is 1.12 bits per heavy atom. The summed E-state index contributed by atoms with van der Waals surface area (Å²) < 4.78 is 0. The summed E-state index contributed by atoms with van der Waals surface area (Å²) >= 11 is 0. The van der Waals surface area contributed by atoms with Gasteiger partial charge in [0.1, 0.15) is 0 Å². The van der Waals surface area contributed by atoms with Crippen LogP contribution in [0.5, 0.6) is 0 Å².